The normalized spacial score (nSPS) is 10.1. The Morgan fingerprint density at radius 1 is 1.47 bits per heavy atom. The van der Waals surface area contributed by atoms with E-state index >= 15 is 0 Å². The molecule has 0 atom stereocenters. The molecule has 1 amide bonds. The minimum absolute atomic E-state index is 0.0891. The molecule has 1 N–H and O–H groups in total. The lowest BCUT2D eigenvalue weighted by Gasteiger charge is -2.15. The summed E-state index contributed by atoms with van der Waals surface area (Å²) >= 11 is 5.80. The van der Waals surface area contributed by atoms with Crippen LogP contribution in [0.3, 0.4) is 0 Å². The first-order valence-corrected chi connectivity index (χ1v) is 5.22. The van der Waals surface area contributed by atoms with Crippen molar-refractivity contribution in [1.29, 1.82) is 0 Å². The summed E-state index contributed by atoms with van der Waals surface area (Å²) in [5.41, 5.74) is 0.277. The third kappa shape index (κ3) is 3.42. The average Bonchev–Trinajstić information content (AvgIpc) is 2.26. The van der Waals surface area contributed by atoms with Crippen LogP contribution in [0.5, 0.6) is 0 Å². The van der Waals surface area contributed by atoms with E-state index in [1.165, 1.54) is 19.2 Å². The van der Waals surface area contributed by atoms with Gasteiger partial charge in [0.2, 0.25) is 0 Å². The maximum Gasteiger partial charge on any atom is 0.394 e. The van der Waals surface area contributed by atoms with Crippen LogP contribution in [0.25, 0.3) is 0 Å². The highest BCUT2D eigenvalue weighted by molar-refractivity contribution is 6.31. The van der Waals surface area contributed by atoms with Crippen molar-refractivity contribution in [2.75, 3.05) is 13.6 Å². The number of hydrogen-bond acceptors (Lipinski definition) is 2. The smallest absolute Gasteiger partial charge is 0.394 e. The SMILES string of the molecule is CN(CCc1c(F)cccc1Cl)C(=O)C(=O)O. The number of aliphatic carboxylic acids is 1. The molecule has 0 aliphatic heterocycles. The highest BCUT2D eigenvalue weighted by Crippen LogP contribution is 2.19. The van der Waals surface area contributed by atoms with Gasteiger partial charge >= 0.3 is 11.9 Å². The van der Waals surface area contributed by atoms with Crippen LogP contribution in [0.4, 0.5) is 4.39 Å². The average molecular weight is 260 g/mol. The van der Waals surface area contributed by atoms with Gasteiger partial charge in [0.25, 0.3) is 0 Å². The molecule has 0 unspecified atom stereocenters. The van der Waals surface area contributed by atoms with E-state index in [4.69, 9.17) is 16.7 Å². The van der Waals surface area contributed by atoms with Crippen molar-refractivity contribution in [3.63, 3.8) is 0 Å². The summed E-state index contributed by atoms with van der Waals surface area (Å²) in [5.74, 6) is -3.03. The molecule has 17 heavy (non-hydrogen) atoms. The van der Waals surface area contributed by atoms with Crippen molar-refractivity contribution in [2.24, 2.45) is 0 Å². The first kappa shape index (κ1) is 13.4. The van der Waals surface area contributed by atoms with Gasteiger partial charge in [0.15, 0.2) is 0 Å². The molecular formula is C11H11ClFNO3. The summed E-state index contributed by atoms with van der Waals surface area (Å²) in [6.07, 6.45) is 0.168. The first-order chi connectivity index (χ1) is 7.93. The number of carbonyl (C=O) groups excluding carboxylic acids is 1. The van der Waals surface area contributed by atoms with Gasteiger partial charge in [0, 0.05) is 24.2 Å². The van der Waals surface area contributed by atoms with E-state index in [1.807, 2.05) is 0 Å². The molecule has 0 heterocycles. The van der Waals surface area contributed by atoms with Crippen molar-refractivity contribution in [1.82, 2.24) is 4.90 Å². The van der Waals surface area contributed by atoms with E-state index in [2.05, 4.69) is 0 Å². The Morgan fingerprint density at radius 3 is 2.65 bits per heavy atom. The molecular weight excluding hydrogens is 249 g/mol. The van der Waals surface area contributed by atoms with Crippen LogP contribution in [-0.4, -0.2) is 35.5 Å². The molecule has 0 aliphatic rings. The standard InChI is InChI=1S/C11H11ClFNO3/c1-14(10(15)11(16)17)6-5-7-8(12)3-2-4-9(7)13/h2-4H,5-6H2,1H3,(H,16,17). The van der Waals surface area contributed by atoms with Gasteiger partial charge in [-0.25, -0.2) is 9.18 Å². The molecule has 0 bridgehead atoms. The highest BCUT2D eigenvalue weighted by atomic mass is 35.5. The second kappa shape index (κ2) is 5.63. The van der Waals surface area contributed by atoms with E-state index in [9.17, 15) is 14.0 Å². The quantitative estimate of drug-likeness (QED) is 0.838. The fourth-order valence-corrected chi connectivity index (χ4v) is 1.57. The zero-order valence-electron chi connectivity index (χ0n) is 9.11. The van der Waals surface area contributed by atoms with Crippen molar-refractivity contribution in [3.8, 4) is 0 Å². The summed E-state index contributed by atoms with van der Waals surface area (Å²) in [4.78, 5) is 22.4. The van der Waals surface area contributed by atoms with Gasteiger partial charge < -0.3 is 10.0 Å². The third-order valence-electron chi connectivity index (χ3n) is 2.29. The minimum atomic E-state index is -1.54. The number of rotatable bonds is 3. The van der Waals surface area contributed by atoms with Crippen LogP contribution in [-0.2, 0) is 16.0 Å². The Hall–Kier alpha value is -1.62. The maximum atomic E-state index is 13.4. The van der Waals surface area contributed by atoms with Crippen molar-refractivity contribution in [3.05, 3.63) is 34.6 Å². The number of amides is 1. The molecule has 0 radical (unpaired) electrons. The lowest BCUT2D eigenvalue weighted by molar-refractivity contribution is -0.155. The Labute approximate surface area is 103 Å². The van der Waals surface area contributed by atoms with E-state index in [0.29, 0.717) is 0 Å². The van der Waals surface area contributed by atoms with Crippen molar-refractivity contribution < 1.29 is 19.1 Å². The molecule has 1 rings (SSSR count). The molecule has 6 heteroatoms. The highest BCUT2D eigenvalue weighted by Gasteiger charge is 2.17. The van der Waals surface area contributed by atoms with Crippen LogP contribution in [0.1, 0.15) is 5.56 Å². The lowest BCUT2D eigenvalue weighted by atomic mass is 10.1. The molecule has 0 aliphatic carbocycles. The van der Waals surface area contributed by atoms with E-state index in [0.717, 1.165) is 4.90 Å². The summed E-state index contributed by atoms with van der Waals surface area (Å²) in [5, 5.41) is 8.73. The summed E-state index contributed by atoms with van der Waals surface area (Å²) in [6, 6.07) is 4.28. The number of carboxylic acid groups (broad SMARTS) is 1. The molecule has 1 aromatic rings. The van der Waals surface area contributed by atoms with E-state index < -0.39 is 17.7 Å². The molecule has 0 saturated heterocycles. The van der Waals surface area contributed by atoms with Gasteiger partial charge in [0.05, 0.1) is 0 Å². The first-order valence-electron chi connectivity index (χ1n) is 4.84. The Balaban J connectivity index is 2.68. The second-order valence-electron chi connectivity index (χ2n) is 3.48. The molecule has 0 fully saturated rings. The molecule has 0 aromatic heterocycles. The van der Waals surface area contributed by atoms with E-state index in [1.54, 1.807) is 6.07 Å². The molecule has 1 aromatic carbocycles. The third-order valence-corrected chi connectivity index (χ3v) is 2.64. The topological polar surface area (TPSA) is 57.6 Å². The molecule has 92 valence electrons. The van der Waals surface area contributed by atoms with Crippen LogP contribution in [0, 0.1) is 5.82 Å². The van der Waals surface area contributed by atoms with Crippen LogP contribution in [0.15, 0.2) is 18.2 Å². The Bertz CT molecular complexity index is 430. The zero-order chi connectivity index (χ0) is 13.0. The number of likely N-dealkylation sites (N-methyl/N-ethyl adjacent to an activating group) is 1. The Kier molecular flexibility index (Phi) is 4.45. The minimum Gasteiger partial charge on any atom is -0.474 e. The van der Waals surface area contributed by atoms with Crippen molar-refractivity contribution >= 4 is 23.5 Å². The predicted octanol–water partition coefficient (Wildman–Crippen LogP) is 1.56. The largest absolute Gasteiger partial charge is 0.474 e. The van der Waals surface area contributed by atoms with Gasteiger partial charge in [-0.2, -0.15) is 0 Å². The molecule has 0 spiro atoms. The van der Waals surface area contributed by atoms with Crippen molar-refractivity contribution in [2.45, 2.75) is 6.42 Å². The fraction of sp³-hybridized carbons (Fsp3) is 0.273. The number of halogens is 2. The van der Waals surface area contributed by atoms with Gasteiger partial charge in [-0.3, -0.25) is 4.79 Å². The van der Waals surface area contributed by atoms with Crippen LogP contribution in [0.2, 0.25) is 5.02 Å². The summed E-state index contributed by atoms with van der Waals surface area (Å²) < 4.78 is 13.4. The number of hydrogen-bond donors (Lipinski definition) is 1. The van der Waals surface area contributed by atoms with E-state index in [-0.39, 0.29) is 23.6 Å². The lowest BCUT2D eigenvalue weighted by Crippen LogP contribution is -2.34. The van der Waals surface area contributed by atoms with Gasteiger partial charge in [0.1, 0.15) is 5.82 Å². The summed E-state index contributed by atoms with van der Waals surface area (Å²) in [7, 11) is 1.34. The molecule has 0 saturated carbocycles. The predicted molar refractivity (Wildman–Crippen MR) is 60.4 cm³/mol. The van der Waals surface area contributed by atoms with Crippen LogP contribution < -0.4 is 0 Å². The number of carboxylic acids is 1. The number of benzene rings is 1. The zero-order valence-corrected chi connectivity index (χ0v) is 9.87. The van der Waals surface area contributed by atoms with Gasteiger partial charge in [-0.05, 0) is 18.6 Å². The number of carbonyl (C=O) groups is 2. The fourth-order valence-electron chi connectivity index (χ4n) is 1.32. The summed E-state index contributed by atoms with van der Waals surface area (Å²) in [6.45, 7) is 0.0891. The maximum absolute atomic E-state index is 13.4. The van der Waals surface area contributed by atoms with Gasteiger partial charge in [-0.15, -0.1) is 0 Å². The van der Waals surface area contributed by atoms with Gasteiger partial charge in [-0.1, -0.05) is 17.7 Å². The van der Waals surface area contributed by atoms with Crippen LogP contribution >= 0.6 is 11.6 Å². The second-order valence-corrected chi connectivity index (χ2v) is 3.89. The molecule has 4 nitrogen and oxygen atoms in total. The Morgan fingerprint density at radius 2 is 2.12 bits per heavy atom. The monoisotopic (exact) mass is 259 g/mol. The number of nitrogens with zero attached hydrogens (tertiary/aromatic N) is 1.